The van der Waals surface area contributed by atoms with Gasteiger partial charge >= 0.3 is 5.97 Å². The zero-order valence-corrected chi connectivity index (χ0v) is 18.2. The number of rotatable bonds is 20. The van der Waals surface area contributed by atoms with E-state index in [0.29, 0.717) is 12.8 Å². The van der Waals surface area contributed by atoms with E-state index in [1.165, 1.54) is 70.6 Å². The molecule has 3 nitrogen and oxygen atoms in total. The summed E-state index contributed by atoms with van der Waals surface area (Å²) in [4.78, 5) is 11.5. The van der Waals surface area contributed by atoms with Crippen molar-refractivity contribution in [2.75, 3.05) is 0 Å². The van der Waals surface area contributed by atoms with Crippen molar-refractivity contribution < 1.29 is 14.6 Å². The molecule has 0 bridgehead atoms. The Kier molecular flexibility index (Phi) is 20.8. The van der Waals surface area contributed by atoms with Gasteiger partial charge in [-0.25, -0.2) is 0 Å². The third kappa shape index (κ3) is 21.3. The summed E-state index contributed by atoms with van der Waals surface area (Å²) in [5, 5.41) is 9.73. The molecule has 0 aromatic carbocycles. The lowest BCUT2D eigenvalue weighted by Gasteiger charge is -2.11. The van der Waals surface area contributed by atoms with Crippen LogP contribution in [0.1, 0.15) is 129 Å². The summed E-state index contributed by atoms with van der Waals surface area (Å²) < 4.78 is 5.02. The first-order valence-electron chi connectivity index (χ1n) is 11.7. The van der Waals surface area contributed by atoms with Gasteiger partial charge in [-0.3, -0.25) is 4.79 Å². The molecule has 0 aromatic heterocycles. The van der Waals surface area contributed by atoms with E-state index in [0.717, 1.165) is 32.1 Å². The van der Waals surface area contributed by atoms with E-state index in [9.17, 15) is 9.90 Å². The number of ether oxygens (including phenoxy) is 1. The molecular weight excluding hydrogens is 336 g/mol. The predicted octanol–water partition coefficient (Wildman–Crippen LogP) is 7.47. The van der Waals surface area contributed by atoms with Gasteiger partial charge in [0.25, 0.3) is 0 Å². The van der Waals surface area contributed by atoms with Crippen LogP contribution in [0.3, 0.4) is 0 Å². The normalized spacial score (nSPS) is 12.6. The van der Waals surface area contributed by atoms with Gasteiger partial charge in [0.2, 0.25) is 6.29 Å². The molecule has 0 radical (unpaired) electrons. The van der Waals surface area contributed by atoms with Crippen LogP contribution in [0.15, 0.2) is 12.2 Å². The van der Waals surface area contributed by atoms with Gasteiger partial charge < -0.3 is 9.84 Å². The minimum absolute atomic E-state index is 0.260. The van der Waals surface area contributed by atoms with E-state index in [1.54, 1.807) is 0 Å². The van der Waals surface area contributed by atoms with Crippen molar-refractivity contribution in [3.8, 4) is 0 Å². The molecule has 0 fully saturated rings. The van der Waals surface area contributed by atoms with E-state index in [1.807, 2.05) is 0 Å². The molecule has 1 unspecified atom stereocenters. The number of carbonyl (C=O) groups excluding carboxylic acids is 1. The monoisotopic (exact) mass is 382 g/mol. The van der Waals surface area contributed by atoms with Crippen LogP contribution in [0.5, 0.6) is 0 Å². The average Bonchev–Trinajstić information content (AvgIpc) is 2.65. The van der Waals surface area contributed by atoms with E-state index in [4.69, 9.17) is 4.74 Å². The number of aliphatic hydroxyl groups is 1. The number of hydrogen-bond acceptors (Lipinski definition) is 3. The maximum Gasteiger partial charge on any atom is 0.308 e. The molecule has 160 valence electrons. The van der Waals surface area contributed by atoms with Crippen molar-refractivity contribution in [1.29, 1.82) is 0 Å². The highest BCUT2D eigenvalue weighted by molar-refractivity contribution is 5.69. The van der Waals surface area contributed by atoms with Crippen LogP contribution in [0.2, 0.25) is 0 Å². The number of allylic oxidation sites excluding steroid dienone is 2. The standard InChI is InChI=1S/C24H46O3/c1-3-5-7-8-9-10-11-12-13-14-15-16-17-18-20-22-24(26)27-23(25)21-19-6-4-2/h12-13,24,26H,3-11,14-22H2,1-2H3/b13-12-. The molecule has 0 spiro atoms. The molecule has 0 aromatic rings. The van der Waals surface area contributed by atoms with Crippen molar-refractivity contribution in [3.05, 3.63) is 12.2 Å². The molecular formula is C24H46O3. The van der Waals surface area contributed by atoms with E-state index in [-0.39, 0.29) is 5.97 Å². The van der Waals surface area contributed by atoms with Gasteiger partial charge in [-0.2, -0.15) is 0 Å². The Bertz CT molecular complexity index is 339. The van der Waals surface area contributed by atoms with Crippen molar-refractivity contribution in [3.63, 3.8) is 0 Å². The zero-order chi connectivity index (χ0) is 20.0. The van der Waals surface area contributed by atoms with Crippen LogP contribution in [-0.2, 0) is 9.53 Å². The first kappa shape index (κ1) is 26.2. The topological polar surface area (TPSA) is 46.5 Å². The highest BCUT2D eigenvalue weighted by Gasteiger charge is 2.10. The largest absolute Gasteiger partial charge is 0.436 e. The van der Waals surface area contributed by atoms with Crippen LogP contribution in [0.4, 0.5) is 0 Å². The van der Waals surface area contributed by atoms with Crippen LogP contribution in [0.25, 0.3) is 0 Å². The Morgan fingerprint density at radius 2 is 1.22 bits per heavy atom. The SMILES string of the molecule is CCCCCCCC/C=C\CCCCCCCC(O)OC(=O)CCCCC. The molecule has 0 rings (SSSR count). The minimum Gasteiger partial charge on any atom is -0.436 e. The molecule has 1 atom stereocenters. The van der Waals surface area contributed by atoms with Gasteiger partial charge in [0.05, 0.1) is 0 Å². The van der Waals surface area contributed by atoms with E-state index in [2.05, 4.69) is 26.0 Å². The van der Waals surface area contributed by atoms with Crippen molar-refractivity contribution in [2.24, 2.45) is 0 Å². The Morgan fingerprint density at radius 1 is 0.741 bits per heavy atom. The Balaban J connectivity index is 3.29. The fourth-order valence-electron chi connectivity index (χ4n) is 3.18. The summed E-state index contributed by atoms with van der Waals surface area (Å²) in [7, 11) is 0. The van der Waals surface area contributed by atoms with Crippen molar-refractivity contribution in [1.82, 2.24) is 0 Å². The zero-order valence-electron chi connectivity index (χ0n) is 18.2. The number of unbranched alkanes of at least 4 members (excludes halogenated alkanes) is 13. The number of aliphatic hydroxyl groups excluding tert-OH is 1. The van der Waals surface area contributed by atoms with Gasteiger partial charge in [-0.1, -0.05) is 90.2 Å². The molecule has 0 heterocycles. The van der Waals surface area contributed by atoms with Gasteiger partial charge in [-0.15, -0.1) is 0 Å². The van der Waals surface area contributed by atoms with Crippen LogP contribution in [-0.4, -0.2) is 17.4 Å². The lowest BCUT2D eigenvalue weighted by Crippen LogP contribution is -2.17. The second-order valence-electron chi connectivity index (χ2n) is 7.77. The highest BCUT2D eigenvalue weighted by atomic mass is 16.6. The second-order valence-corrected chi connectivity index (χ2v) is 7.77. The summed E-state index contributed by atoms with van der Waals surface area (Å²) in [6.07, 6.45) is 24.1. The molecule has 0 saturated heterocycles. The molecule has 0 amide bonds. The quantitative estimate of drug-likeness (QED) is 0.103. The van der Waals surface area contributed by atoms with Crippen LogP contribution in [0, 0.1) is 0 Å². The molecule has 27 heavy (non-hydrogen) atoms. The molecule has 0 aliphatic heterocycles. The third-order valence-electron chi connectivity index (χ3n) is 4.96. The van der Waals surface area contributed by atoms with Crippen LogP contribution < -0.4 is 0 Å². The van der Waals surface area contributed by atoms with E-state index < -0.39 is 6.29 Å². The Labute approximate surface area is 169 Å². The summed E-state index contributed by atoms with van der Waals surface area (Å²) in [5.74, 6) is -0.260. The van der Waals surface area contributed by atoms with Gasteiger partial charge in [0, 0.05) is 12.8 Å². The maximum absolute atomic E-state index is 11.5. The molecule has 3 heteroatoms. The van der Waals surface area contributed by atoms with Crippen molar-refractivity contribution in [2.45, 2.75) is 136 Å². The number of esters is 1. The molecule has 0 saturated carbocycles. The maximum atomic E-state index is 11.5. The fourth-order valence-corrected chi connectivity index (χ4v) is 3.18. The fraction of sp³-hybridized carbons (Fsp3) is 0.875. The highest BCUT2D eigenvalue weighted by Crippen LogP contribution is 2.12. The Morgan fingerprint density at radius 3 is 1.81 bits per heavy atom. The number of hydrogen-bond donors (Lipinski definition) is 1. The first-order valence-corrected chi connectivity index (χ1v) is 11.7. The molecule has 0 aliphatic rings. The summed E-state index contributed by atoms with van der Waals surface area (Å²) >= 11 is 0. The predicted molar refractivity (Wildman–Crippen MR) is 116 cm³/mol. The summed E-state index contributed by atoms with van der Waals surface area (Å²) in [6.45, 7) is 4.37. The van der Waals surface area contributed by atoms with E-state index >= 15 is 0 Å². The number of carbonyl (C=O) groups is 1. The molecule has 1 N–H and O–H groups in total. The summed E-state index contributed by atoms with van der Waals surface area (Å²) in [5.41, 5.74) is 0. The third-order valence-corrected chi connectivity index (χ3v) is 4.96. The summed E-state index contributed by atoms with van der Waals surface area (Å²) in [6, 6.07) is 0. The van der Waals surface area contributed by atoms with Gasteiger partial charge in [-0.05, 0) is 38.5 Å². The Hall–Kier alpha value is -0.830. The average molecular weight is 383 g/mol. The van der Waals surface area contributed by atoms with Gasteiger partial charge in [0.15, 0.2) is 0 Å². The second kappa shape index (κ2) is 21.5. The van der Waals surface area contributed by atoms with Crippen molar-refractivity contribution >= 4 is 5.97 Å². The van der Waals surface area contributed by atoms with Crippen LogP contribution >= 0.6 is 0 Å². The lowest BCUT2D eigenvalue weighted by molar-refractivity contribution is -0.168. The van der Waals surface area contributed by atoms with Gasteiger partial charge in [0.1, 0.15) is 0 Å². The first-order chi connectivity index (χ1) is 13.2. The lowest BCUT2D eigenvalue weighted by atomic mass is 10.1. The minimum atomic E-state index is -0.913. The smallest absolute Gasteiger partial charge is 0.308 e. The molecule has 0 aliphatic carbocycles.